The van der Waals surface area contributed by atoms with Gasteiger partial charge in [-0.15, -0.1) is 11.3 Å². The fraction of sp³-hybridized carbons (Fsp3) is 0.419. The molecule has 11 heteroatoms. The molecule has 3 aliphatic rings. The summed E-state index contributed by atoms with van der Waals surface area (Å²) in [5.74, 6) is -1.64. The summed E-state index contributed by atoms with van der Waals surface area (Å²) < 4.78 is 33.2. The van der Waals surface area contributed by atoms with E-state index >= 15 is 0 Å². The van der Waals surface area contributed by atoms with Crippen molar-refractivity contribution >= 4 is 57.6 Å². The normalized spacial score (nSPS) is 20.1. The molecule has 42 heavy (non-hydrogen) atoms. The molecule has 2 bridgehead atoms. The largest absolute Gasteiger partial charge is 0.489 e. The van der Waals surface area contributed by atoms with Crippen molar-refractivity contribution in [1.29, 1.82) is 0 Å². The Kier molecular flexibility index (Phi) is 9.08. The molecule has 1 N–H and O–H groups in total. The lowest BCUT2D eigenvalue weighted by molar-refractivity contribution is -0.128. The molecule has 2 aromatic carbocycles. The second-order valence-electron chi connectivity index (χ2n) is 11.1. The van der Waals surface area contributed by atoms with Crippen molar-refractivity contribution in [3.05, 3.63) is 84.3 Å². The molecular formula is C31H30Cl3F2N3O2S. The number of carbonyl (C=O) groups excluding carboxylic acids is 1. The van der Waals surface area contributed by atoms with E-state index in [1.807, 2.05) is 23.2 Å². The first-order chi connectivity index (χ1) is 20.3. The molecule has 1 aromatic heterocycles. The van der Waals surface area contributed by atoms with Crippen molar-refractivity contribution in [3.8, 4) is 5.75 Å². The van der Waals surface area contributed by atoms with Gasteiger partial charge in [-0.05, 0) is 74.3 Å². The van der Waals surface area contributed by atoms with Gasteiger partial charge in [0.25, 0.3) is 5.91 Å². The van der Waals surface area contributed by atoms with Crippen LogP contribution < -0.4 is 10.1 Å². The summed E-state index contributed by atoms with van der Waals surface area (Å²) in [6, 6.07) is 8.04. The van der Waals surface area contributed by atoms with Crippen LogP contribution in [0.3, 0.4) is 0 Å². The standard InChI is InChI=1S/C31H30Cl3F2N3O2S/c32-21-6-1-4-17(28(21)33)16-39(19-9-10-19)31(40)27-20(14-18-5-2-7-24(27)38-18)25-15-37-26(42-25)8-3-13-41-30-23(36)12-11-22(35)29(30)34/h1,4,6,11-12,15,18-19,24,38H,2-3,5,7-10,13-14,16H2. The topological polar surface area (TPSA) is 54.5 Å². The predicted molar refractivity (Wildman–Crippen MR) is 163 cm³/mol. The number of thiazole rings is 1. The van der Waals surface area contributed by atoms with E-state index < -0.39 is 11.6 Å². The number of amides is 1. The molecule has 2 fully saturated rings. The van der Waals surface area contributed by atoms with Crippen LogP contribution in [0, 0.1) is 11.6 Å². The monoisotopic (exact) mass is 651 g/mol. The second-order valence-corrected chi connectivity index (χ2v) is 13.3. The van der Waals surface area contributed by atoms with E-state index in [0.29, 0.717) is 35.5 Å². The van der Waals surface area contributed by atoms with Gasteiger partial charge in [0.2, 0.25) is 0 Å². The molecule has 1 amide bonds. The number of hydrogen-bond acceptors (Lipinski definition) is 5. The van der Waals surface area contributed by atoms with Crippen molar-refractivity contribution in [2.24, 2.45) is 0 Å². The Morgan fingerprint density at radius 1 is 1.07 bits per heavy atom. The number of piperidine rings is 1. The quantitative estimate of drug-likeness (QED) is 0.177. The molecule has 3 aromatic rings. The predicted octanol–water partition coefficient (Wildman–Crippen LogP) is 8.25. The Morgan fingerprint density at radius 2 is 1.88 bits per heavy atom. The van der Waals surface area contributed by atoms with Crippen LogP contribution in [0.15, 0.2) is 42.1 Å². The van der Waals surface area contributed by atoms with Gasteiger partial charge in [0.05, 0.1) is 26.5 Å². The number of nitrogens with zero attached hydrogens (tertiary/aromatic N) is 2. The SMILES string of the molecule is O=C(C1=C(c2cnc(CCCOc3c(F)ccc(F)c3Cl)s2)CC2CCCC1N2)N(Cc1cccc(Cl)c1Cl)C1CC1. The molecule has 2 atom stereocenters. The smallest absolute Gasteiger partial charge is 0.252 e. The first-order valence-corrected chi connectivity index (χ1v) is 16.2. The van der Waals surface area contributed by atoms with Crippen LogP contribution in [0.1, 0.15) is 60.4 Å². The number of nitrogens with one attached hydrogen (secondary N) is 1. The third-order valence-corrected chi connectivity index (χ3v) is 10.4. The maximum Gasteiger partial charge on any atom is 0.252 e. The highest BCUT2D eigenvalue weighted by Crippen LogP contribution is 2.41. The van der Waals surface area contributed by atoms with Crippen molar-refractivity contribution in [2.45, 2.75) is 76.0 Å². The minimum Gasteiger partial charge on any atom is -0.489 e. The lowest BCUT2D eigenvalue weighted by Crippen LogP contribution is -2.51. The summed E-state index contributed by atoms with van der Waals surface area (Å²) in [5, 5.41) is 5.22. The van der Waals surface area contributed by atoms with Gasteiger partial charge < -0.3 is 15.0 Å². The molecule has 0 radical (unpaired) electrons. The zero-order chi connectivity index (χ0) is 29.4. The van der Waals surface area contributed by atoms with E-state index in [1.165, 1.54) is 0 Å². The molecule has 222 valence electrons. The molecule has 1 aliphatic carbocycles. The number of ether oxygens (including phenoxy) is 1. The molecular weight excluding hydrogens is 623 g/mol. The van der Waals surface area contributed by atoms with E-state index in [-0.39, 0.29) is 35.4 Å². The third kappa shape index (κ3) is 6.34. The average Bonchev–Trinajstić information content (AvgIpc) is 3.71. The van der Waals surface area contributed by atoms with Gasteiger partial charge in [-0.3, -0.25) is 4.79 Å². The fourth-order valence-corrected chi connectivity index (χ4v) is 7.47. The van der Waals surface area contributed by atoms with E-state index in [2.05, 4.69) is 10.3 Å². The Morgan fingerprint density at radius 3 is 2.69 bits per heavy atom. The molecule has 0 spiro atoms. The summed E-state index contributed by atoms with van der Waals surface area (Å²) >= 11 is 20.2. The fourth-order valence-electron chi connectivity index (χ4n) is 5.85. The van der Waals surface area contributed by atoms with Gasteiger partial charge >= 0.3 is 0 Å². The number of benzene rings is 2. The van der Waals surface area contributed by atoms with Crippen molar-refractivity contribution < 1.29 is 18.3 Å². The minimum atomic E-state index is -0.723. The third-order valence-electron chi connectivity index (χ3n) is 8.09. The maximum atomic E-state index is 14.3. The number of hydrogen-bond donors (Lipinski definition) is 1. The summed E-state index contributed by atoms with van der Waals surface area (Å²) in [4.78, 5) is 22.0. The van der Waals surface area contributed by atoms with Crippen LogP contribution in [-0.4, -0.2) is 40.5 Å². The Labute approximate surface area is 262 Å². The Bertz CT molecular complexity index is 1530. The molecule has 6 rings (SSSR count). The van der Waals surface area contributed by atoms with Gasteiger partial charge in [-0.1, -0.05) is 46.9 Å². The van der Waals surface area contributed by atoms with Crippen LogP contribution in [-0.2, 0) is 17.8 Å². The molecule has 2 aliphatic heterocycles. The van der Waals surface area contributed by atoms with Gasteiger partial charge in [0.15, 0.2) is 11.6 Å². The number of aryl methyl sites for hydroxylation is 1. The van der Waals surface area contributed by atoms with Crippen LogP contribution in [0.5, 0.6) is 5.75 Å². The van der Waals surface area contributed by atoms with Crippen LogP contribution in [0.2, 0.25) is 15.1 Å². The number of halogens is 5. The molecule has 3 heterocycles. The lowest BCUT2D eigenvalue weighted by atomic mass is 9.81. The molecule has 5 nitrogen and oxygen atoms in total. The minimum absolute atomic E-state index is 0.000876. The summed E-state index contributed by atoms with van der Waals surface area (Å²) in [7, 11) is 0. The van der Waals surface area contributed by atoms with E-state index in [1.54, 1.807) is 17.4 Å². The van der Waals surface area contributed by atoms with Crippen LogP contribution in [0.4, 0.5) is 8.78 Å². The van der Waals surface area contributed by atoms with Crippen molar-refractivity contribution in [2.75, 3.05) is 6.61 Å². The van der Waals surface area contributed by atoms with Crippen LogP contribution >= 0.6 is 46.1 Å². The van der Waals surface area contributed by atoms with Gasteiger partial charge in [-0.25, -0.2) is 13.8 Å². The number of carbonyl (C=O) groups is 1. The van der Waals surface area contributed by atoms with Gasteiger partial charge in [0.1, 0.15) is 10.8 Å². The first kappa shape index (κ1) is 29.8. The van der Waals surface area contributed by atoms with Gasteiger partial charge in [0, 0.05) is 42.9 Å². The van der Waals surface area contributed by atoms with Crippen molar-refractivity contribution in [3.63, 3.8) is 0 Å². The van der Waals surface area contributed by atoms with Gasteiger partial charge in [-0.2, -0.15) is 0 Å². The van der Waals surface area contributed by atoms with E-state index in [0.717, 1.165) is 77.3 Å². The van der Waals surface area contributed by atoms with Crippen molar-refractivity contribution in [1.82, 2.24) is 15.2 Å². The Hall–Kier alpha value is -2.23. The molecule has 2 unspecified atom stereocenters. The van der Waals surface area contributed by atoms with E-state index in [4.69, 9.17) is 39.5 Å². The zero-order valence-corrected chi connectivity index (χ0v) is 25.9. The zero-order valence-electron chi connectivity index (χ0n) is 22.8. The Balaban J connectivity index is 1.21. The highest BCUT2D eigenvalue weighted by molar-refractivity contribution is 7.12. The van der Waals surface area contributed by atoms with Crippen LogP contribution in [0.25, 0.3) is 5.57 Å². The maximum absolute atomic E-state index is 14.3. The molecule has 1 saturated heterocycles. The summed E-state index contributed by atoms with van der Waals surface area (Å²) in [6.07, 6.45) is 8.82. The average molecular weight is 653 g/mol. The summed E-state index contributed by atoms with van der Waals surface area (Å²) in [6.45, 7) is 0.581. The number of fused-ring (bicyclic) bond motifs is 2. The number of aromatic nitrogens is 1. The highest BCUT2D eigenvalue weighted by Gasteiger charge is 2.41. The highest BCUT2D eigenvalue weighted by atomic mass is 35.5. The second kappa shape index (κ2) is 12.8. The molecule has 1 saturated carbocycles. The number of rotatable bonds is 10. The first-order valence-electron chi connectivity index (χ1n) is 14.2. The summed E-state index contributed by atoms with van der Waals surface area (Å²) in [5.41, 5.74) is 2.76. The lowest BCUT2D eigenvalue weighted by Gasteiger charge is -2.40. The van der Waals surface area contributed by atoms with E-state index in [9.17, 15) is 13.6 Å².